The number of hydrogen-bond acceptors (Lipinski definition) is 4. The largest absolute Gasteiger partial charge is 0.449 e. The molecule has 29 heavy (non-hydrogen) atoms. The third kappa shape index (κ3) is 5.25. The van der Waals surface area contributed by atoms with E-state index in [1.807, 2.05) is 30.3 Å². The first kappa shape index (κ1) is 20.2. The standard InChI is InChI=1S/C23H21FN2O3/c1-15(17-8-11-20(24)12-9-17)26-23(28)16(2)29-21(27)13-10-19-6-3-5-18-7-4-14-25-22(18)19/h3-16H,1-2H3,(H,26,28)/b13-10+. The average Bonchev–Trinajstić information content (AvgIpc) is 2.72. The highest BCUT2D eigenvalue weighted by molar-refractivity contribution is 5.94. The van der Waals surface area contributed by atoms with Crippen LogP contribution in [0.3, 0.4) is 0 Å². The molecule has 0 radical (unpaired) electrons. The topological polar surface area (TPSA) is 68.3 Å². The lowest BCUT2D eigenvalue weighted by atomic mass is 10.1. The number of esters is 1. The summed E-state index contributed by atoms with van der Waals surface area (Å²) in [6.07, 6.45) is 3.60. The third-order valence-electron chi connectivity index (χ3n) is 4.45. The van der Waals surface area contributed by atoms with Crippen molar-refractivity contribution in [2.45, 2.75) is 26.0 Å². The summed E-state index contributed by atoms with van der Waals surface area (Å²) < 4.78 is 18.2. The fourth-order valence-electron chi connectivity index (χ4n) is 2.85. The van der Waals surface area contributed by atoms with Gasteiger partial charge in [0.25, 0.3) is 5.91 Å². The Bertz CT molecular complexity index is 1040. The van der Waals surface area contributed by atoms with Crippen LogP contribution in [0.2, 0.25) is 0 Å². The summed E-state index contributed by atoms with van der Waals surface area (Å²) in [5.41, 5.74) is 2.31. The number of nitrogens with zero attached hydrogens (tertiary/aromatic N) is 1. The minimum atomic E-state index is -0.972. The molecule has 2 aromatic carbocycles. The maximum absolute atomic E-state index is 13.0. The molecular weight excluding hydrogens is 371 g/mol. The molecule has 0 bridgehead atoms. The number of benzene rings is 2. The highest BCUT2D eigenvalue weighted by atomic mass is 19.1. The number of amides is 1. The van der Waals surface area contributed by atoms with Crippen molar-refractivity contribution in [2.75, 3.05) is 0 Å². The van der Waals surface area contributed by atoms with Crippen molar-refractivity contribution in [2.24, 2.45) is 0 Å². The van der Waals surface area contributed by atoms with Crippen molar-refractivity contribution in [3.8, 4) is 0 Å². The van der Waals surface area contributed by atoms with Crippen LogP contribution in [0.5, 0.6) is 0 Å². The molecule has 1 N–H and O–H groups in total. The van der Waals surface area contributed by atoms with E-state index in [1.165, 1.54) is 25.1 Å². The van der Waals surface area contributed by atoms with Gasteiger partial charge in [0.2, 0.25) is 0 Å². The van der Waals surface area contributed by atoms with E-state index in [1.54, 1.807) is 31.3 Å². The summed E-state index contributed by atoms with van der Waals surface area (Å²) in [6.45, 7) is 3.27. The second-order valence-electron chi connectivity index (χ2n) is 6.62. The fourth-order valence-corrected chi connectivity index (χ4v) is 2.85. The van der Waals surface area contributed by atoms with E-state index in [0.29, 0.717) is 0 Å². The van der Waals surface area contributed by atoms with Crippen molar-refractivity contribution in [3.05, 3.63) is 83.8 Å². The smallest absolute Gasteiger partial charge is 0.331 e. The van der Waals surface area contributed by atoms with Gasteiger partial charge in [0.15, 0.2) is 6.10 Å². The van der Waals surface area contributed by atoms with E-state index in [2.05, 4.69) is 10.3 Å². The molecule has 6 heteroatoms. The zero-order valence-electron chi connectivity index (χ0n) is 16.1. The zero-order chi connectivity index (χ0) is 20.8. The van der Waals surface area contributed by atoms with Gasteiger partial charge in [0.05, 0.1) is 11.6 Å². The molecule has 0 aliphatic carbocycles. The number of rotatable bonds is 6. The van der Waals surface area contributed by atoms with Gasteiger partial charge in [-0.2, -0.15) is 0 Å². The molecule has 0 saturated heterocycles. The Morgan fingerprint density at radius 1 is 1.07 bits per heavy atom. The van der Waals surface area contributed by atoms with Crippen LogP contribution >= 0.6 is 0 Å². The maximum Gasteiger partial charge on any atom is 0.331 e. The number of fused-ring (bicyclic) bond motifs is 1. The lowest BCUT2D eigenvalue weighted by Gasteiger charge is -2.17. The fraction of sp³-hybridized carbons (Fsp3) is 0.174. The van der Waals surface area contributed by atoms with Gasteiger partial charge in [-0.15, -0.1) is 0 Å². The molecule has 3 aromatic rings. The van der Waals surface area contributed by atoms with E-state index in [0.717, 1.165) is 22.0 Å². The molecule has 1 amide bonds. The molecule has 148 valence electrons. The van der Waals surface area contributed by atoms with E-state index in [4.69, 9.17) is 4.74 Å². The summed E-state index contributed by atoms with van der Waals surface area (Å²) in [7, 11) is 0. The molecule has 0 fully saturated rings. The first-order valence-corrected chi connectivity index (χ1v) is 9.22. The van der Waals surface area contributed by atoms with Crippen molar-refractivity contribution in [3.63, 3.8) is 0 Å². The van der Waals surface area contributed by atoms with Crippen LogP contribution in [0.15, 0.2) is 66.9 Å². The van der Waals surface area contributed by atoms with Crippen LogP contribution in [0.25, 0.3) is 17.0 Å². The number of nitrogens with one attached hydrogen (secondary N) is 1. The second kappa shape index (κ2) is 9.10. The summed E-state index contributed by atoms with van der Waals surface area (Å²) in [6, 6.07) is 14.9. The SMILES string of the molecule is CC(OC(=O)/C=C/c1cccc2cccnc12)C(=O)NC(C)c1ccc(F)cc1. The van der Waals surface area contributed by atoms with Crippen LogP contribution in [0, 0.1) is 5.82 Å². The second-order valence-corrected chi connectivity index (χ2v) is 6.62. The Labute approximate surface area is 168 Å². The van der Waals surface area contributed by atoms with Crippen LogP contribution < -0.4 is 5.32 Å². The Morgan fingerprint density at radius 2 is 1.79 bits per heavy atom. The number of pyridine rings is 1. The van der Waals surface area contributed by atoms with E-state index in [-0.39, 0.29) is 11.9 Å². The Morgan fingerprint density at radius 3 is 2.55 bits per heavy atom. The van der Waals surface area contributed by atoms with Crippen molar-refractivity contribution in [1.82, 2.24) is 10.3 Å². The third-order valence-corrected chi connectivity index (χ3v) is 4.45. The quantitative estimate of drug-likeness (QED) is 0.504. The van der Waals surface area contributed by atoms with Gasteiger partial charge in [0, 0.05) is 23.2 Å². The van der Waals surface area contributed by atoms with Crippen LogP contribution in [0.1, 0.15) is 31.0 Å². The lowest BCUT2D eigenvalue weighted by Crippen LogP contribution is -2.37. The molecule has 1 aromatic heterocycles. The van der Waals surface area contributed by atoms with Gasteiger partial charge in [-0.1, -0.05) is 36.4 Å². The predicted octanol–water partition coefficient (Wildman–Crippen LogP) is 4.20. The summed E-state index contributed by atoms with van der Waals surface area (Å²) in [5, 5.41) is 3.71. The van der Waals surface area contributed by atoms with E-state index < -0.39 is 18.0 Å². The van der Waals surface area contributed by atoms with Gasteiger partial charge in [-0.25, -0.2) is 9.18 Å². The number of aromatic nitrogens is 1. The molecule has 0 aliphatic rings. The molecule has 0 spiro atoms. The molecule has 2 atom stereocenters. The minimum absolute atomic E-state index is 0.345. The molecule has 2 unspecified atom stereocenters. The summed E-state index contributed by atoms with van der Waals surface area (Å²) in [4.78, 5) is 28.7. The van der Waals surface area contributed by atoms with Crippen LogP contribution in [-0.4, -0.2) is 23.0 Å². The van der Waals surface area contributed by atoms with E-state index in [9.17, 15) is 14.0 Å². The first-order chi connectivity index (χ1) is 13.9. The van der Waals surface area contributed by atoms with Gasteiger partial charge >= 0.3 is 5.97 Å². The average molecular weight is 392 g/mol. The number of carbonyl (C=O) groups excluding carboxylic acids is 2. The molecule has 1 heterocycles. The Kier molecular flexibility index (Phi) is 6.34. The monoisotopic (exact) mass is 392 g/mol. The highest BCUT2D eigenvalue weighted by Gasteiger charge is 2.19. The van der Waals surface area contributed by atoms with Crippen molar-refractivity contribution >= 4 is 28.9 Å². The van der Waals surface area contributed by atoms with Crippen molar-refractivity contribution < 1.29 is 18.7 Å². The Balaban J connectivity index is 1.58. The summed E-state index contributed by atoms with van der Waals surface area (Å²) in [5.74, 6) is -1.41. The number of carbonyl (C=O) groups is 2. The molecular formula is C23H21FN2O3. The molecule has 5 nitrogen and oxygen atoms in total. The predicted molar refractivity (Wildman–Crippen MR) is 109 cm³/mol. The van der Waals surface area contributed by atoms with E-state index >= 15 is 0 Å². The van der Waals surface area contributed by atoms with Gasteiger partial charge in [-0.05, 0) is 43.7 Å². The number of hydrogen-bond donors (Lipinski definition) is 1. The minimum Gasteiger partial charge on any atom is -0.449 e. The summed E-state index contributed by atoms with van der Waals surface area (Å²) >= 11 is 0. The zero-order valence-corrected chi connectivity index (χ0v) is 16.1. The Hall–Kier alpha value is -3.54. The first-order valence-electron chi connectivity index (χ1n) is 9.22. The van der Waals surface area contributed by atoms with Crippen LogP contribution in [-0.2, 0) is 14.3 Å². The van der Waals surface area contributed by atoms with Gasteiger partial charge in [-0.3, -0.25) is 9.78 Å². The number of ether oxygens (including phenoxy) is 1. The van der Waals surface area contributed by atoms with Crippen LogP contribution in [0.4, 0.5) is 4.39 Å². The normalized spacial score (nSPS) is 13.2. The maximum atomic E-state index is 13.0. The molecule has 3 rings (SSSR count). The van der Waals surface area contributed by atoms with Gasteiger partial charge < -0.3 is 10.1 Å². The van der Waals surface area contributed by atoms with Gasteiger partial charge in [0.1, 0.15) is 5.82 Å². The number of para-hydroxylation sites is 1. The highest BCUT2D eigenvalue weighted by Crippen LogP contribution is 2.17. The number of halogens is 1. The lowest BCUT2D eigenvalue weighted by molar-refractivity contribution is -0.150. The van der Waals surface area contributed by atoms with Crippen molar-refractivity contribution in [1.29, 1.82) is 0 Å². The molecule has 0 aliphatic heterocycles. The molecule has 0 saturated carbocycles.